The van der Waals surface area contributed by atoms with Crippen LogP contribution in [0.5, 0.6) is 11.5 Å². The maximum atomic E-state index is 5.79. The predicted octanol–water partition coefficient (Wildman–Crippen LogP) is 13.2. The summed E-state index contributed by atoms with van der Waals surface area (Å²) in [5, 5.41) is 5.02. The maximum Gasteiger partial charge on any atom is 0.120 e. The highest BCUT2D eigenvalue weighted by atomic mass is 16.5. The van der Waals surface area contributed by atoms with E-state index in [1.54, 1.807) is 14.2 Å². The number of fused-ring (bicyclic) bond motifs is 2. The van der Waals surface area contributed by atoms with Crippen LogP contribution in [0.25, 0.3) is 43.8 Å². The fraction of sp³-hybridized carbons (Fsp3) is 0.409. The molecule has 0 fully saturated rings. The number of methoxy groups -OCH3 is 2. The van der Waals surface area contributed by atoms with E-state index in [1.165, 1.54) is 132 Å². The van der Waals surface area contributed by atoms with E-state index in [-0.39, 0.29) is 0 Å². The summed E-state index contributed by atoms with van der Waals surface area (Å²) in [5.74, 6) is 1.78. The molecule has 0 atom stereocenters. The molecule has 5 rings (SSSR count). The highest BCUT2D eigenvalue weighted by molar-refractivity contribution is 6.01. The summed E-state index contributed by atoms with van der Waals surface area (Å²) in [4.78, 5) is 0. The summed E-state index contributed by atoms with van der Waals surface area (Å²) >= 11 is 0. The first-order valence-electron chi connectivity index (χ1n) is 18.0. The molecule has 0 saturated carbocycles. The third kappa shape index (κ3) is 8.72. The van der Waals surface area contributed by atoms with Crippen LogP contribution in [-0.2, 0) is 12.8 Å². The number of unbranched alkanes of at least 4 members (excludes halogenated alkanes) is 10. The normalized spacial score (nSPS) is 11.4. The average molecular weight is 615 g/mol. The molecule has 0 heterocycles. The van der Waals surface area contributed by atoms with Gasteiger partial charge < -0.3 is 9.47 Å². The molecule has 0 aliphatic heterocycles. The summed E-state index contributed by atoms with van der Waals surface area (Å²) in [6, 6.07) is 31.8. The Hall–Kier alpha value is -3.78. The Labute approximate surface area is 278 Å². The molecule has 0 bridgehead atoms. The molecule has 0 saturated heterocycles. The number of ether oxygens (including phenoxy) is 2. The smallest absolute Gasteiger partial charge is 0.120 e. The minimum absolute atomic E-state index is 0.891. The van der Waals surface area contributed by atoms with Crippen LogP contribution in [0.3, 0.4) is 0 Å². The lowest BCUT2D eigenvalue weighted by molar-refractivity contribution is 0.415. The summed E-state index contributed by atoms with van der Waals surface area (Å²) in [6.45, 7) is 4.56. The minimum Gasteiger partial charge on any atom is -0.497 e. The average Bonchev–Trinajstić information content (AvgIpc) is 3.10. The third-order valence-electron chi connectivity index (χ3n) is 9.58. The molecular formula is C44H54O2. The van der Waals surface area contributed by atoms with Gasteiger partial charge in [0.05, 0.1) is 14.2 Å². The fourth-order valence-corrected chi connectivity index (χ4v) is 6.85. The van der Waals surface area contributed by atoms with Gasteiger partial charge in [-0.3, -0.25) is 0 Å². The summed E-state index contributed by atoms with van der Waals surface area (Å²) in [5.41, 5.74) is 7.69. The SMILES string of the molecule is CCCCCCCCc1ccc2cc(OC)cc(-c3cccc(-c4cc(OC)cc5ccc(CCCCCCCC)cc45)c3)c2c1. The Kier molecular flexibility index (Phi) is 12.6. The van der Waals surface area contributed by atoms with Crippen molar-refractivity contribution in [1.29, 1.82) is 0 Å². The lowest BCUT2D eigenvalue weighted by Crippen LogP contribution is -1.92. The lowest BCUT2D eigenvalue weighted by atomic mass is 9.91. The van der Waals surface area contributed by atoms with E-state index in [2.05, 4.69) is 98.8 Å². The van der Waals surface area contributed by atoms with Crippen LogP contribution in [0.2, 0.25) is 0 Å². The molecule has 0 N–H and O–H groups in total. The quantitative estimate of drug-likeness (QED) is 0.0914. The fourth-order valence-electron chi connectivity index (χ4n) is 6.85. The van der Waals surface area contributed by atoms with Gasteiger partial charge in [-0.15, -0.1) is 0 Å². The van der Waals surface area contributed by atoms with Crippen LogP contribution < -0.4 is 9.47 Å². The number of rotatable bonds is 18. The van der Waals surface area contributed by atoms with Crippen molar-refractivity contribution in [1.82, 2.24) is 0 Å². The topological polar surface area (TPSA) is 18.5 Å². The highest BCUT2D eigenvalue weighted by Crippen LogP contribution is 2.39. The van der Waals surface area contributed by atoms with Crippen molar-refractivity contribution in [3.8, 4) is 33.8 Å². The number of aryl methyl sites for hydroxylation is 2. The van der Waals surface area contributed by atoms with Gasteiger partial charge in [0, 0.05) is 0 Å². The van der Waals surface area contributed by atoms with Gasteiger partial charge in [0.1, 0.15) is 11.5 Å². The van der Waals surface area contributed by atoms with Crippen LogP contribution in [-0.4, -0.2) is 14.2 Å². The van der Waals surface area contributed by atoms with E-state index in [0.29, 0.717) is 0 Å². The van der Waals surface area contributed by atoms with Crippen molar-refractivity contribution in [2.24, 2.45) is 0 Å². The molecule has 0 radical (unpaired) electrons. The van der Waals surface area contributed by atoms with Gasteiger partial charge in [-0.25, -0.2) is 0 Å². The van der Waals surface area contributed by atoms with E-state index in [9.17, 15) is 0 Å². The van der Waals surface area contributed by atoms with Crippen LogP contribution >= 0.6 is 0 Å². The van der Waals surface area contributed by atoms with Gasteiger partial charge in [-0.2, -0.15) is 0 Å². The van der Waals surface area contributed by atoms with Crippen molar-refractivity contribution in [3.63, 3.8) is 0 Å². The molecule has 0 spiro atoms. The standard InChI is InChI=1S/C44H54O2/c1-5-7-9-11-13-15-18-33-22-24-37-29-39(45-3)31-43(41(37)26-33)35-20-17-21-36(28-35)44-32-40(46-4)30-38-25-23-34(27-42(38)44)19-16-14-12-10-8-6-2/h17,20-32H,5-16,18-19H2,1-4H3. The summed E-state index contributed by atoms with van der Waals surface area (Å²) in [7, 11) is 3.53. The zero-order valence-corrected chi connectivity index (χ0v) is 28.8. The Morgan fingerprint density at radius 3 is 1.30 bits per heavy atom. The van der Waals surface area contributed by atoms with Crippen LogP contribution in [0.4, 0.5) is 0 Å². The van der Waals surface area contributed by atoms with Gasteiger partial charge >= 0.3 is 0 Å². The van der Waals surface area contributed by atoms with Crippen molar-refractivity contribution < 1.29 is 9.47 Å². The van der Waals surface area contributed by atoms with Gasteiger partial charge in [-0.1, -0.05) is 133 Å². The Morgan fingerprint density at radius 2 is 0.870 bits per heavy atom. The molecule has 0 aliphatic rings. The second kappa shape index (κ2) is 17.2. The van der Waals surface area contributed by atoms with E-state index >= 15 is 0 Å². The van der Waals surface area contributed by atoms with Crippen LogP contribution in [0, 0.1) is 0 Å². The predicted molar refractivity (Wildman–Crippen MR) is 200 cm³/mol. The summed E-state index contributed by atoms with van der Waals surface area (Å²) in [6.07, 6.45) is 18.1. The lowest BCUT2D eigenvalue weighted by Gasteiger charge is -2.15. The first-order chi connectivity index (χ1) is 22.6. The molecule has 46 heavy (non-hydrogen) atoms. The second-order valence-corrected chi connectivity index (χ2v) is 13.1. The Morgan fingerprint density at radius 1 is 0.435 bits per heavy atom. The molecular weight excluding hydrogens is 560 g/mol. The molecule has 5 aromatic rings. The van der Waals surface area contributed by atoms with Gasteiger partial charge in [0.2, 0.25) is 0 Å². The third-order valence-corrected chi connectivity index (χ3v) is 9.58. The van der Waals surface area contributed by atoms with Gasteiger partial charge in [0.15, 0.2) is 0 Å². The zero-order chi connectivity index (χ0) is 32.1. The van der Waals surface area contributed by atoms with Crippen molar-refractivity contribution in [2.75, 3.05) is 14.2 Å². The molecule has 2 nitrogen and oxygen atoms in total. The number of hydrogen-bond acceptors (Lipinski definition) is 2. The van der Waals surface area contributed by atoms with Crippen molar-refractivity contribution >= 4 is 21.5 Å². The molecule has 0 aromatic heterocycles. The zero-order valence-electron chi connectivity index (χ0n) is 28.8. The summed E-state index contributed by atoms with van der Waals surface area (Å²) < 4.78 is 11.6. The number of hydrogen-bond donors (Lipinski definition) is 0. The number of benzene rings is 5. The highest BCUT2D eigenvalue weighted by Gasteiger charge is 2.13. The first-order valence-corrected chi connectivity index (χ1v) is 18.0. The van der Waals surface area contributed by atoms with E-state index in [4.69, 9.17) is 9.47 Å². The largest absolute Gasteiger partial charge is 0.497 e. The van der Waals surface area contributed by atoms with E-state index in [1.807, 2.05) is 0 Å². The molecule has 0 unspecified atom stereocenters. The van der Waals surface area contributed by atoms with Gasteiger partial charge in [-0.05, 0) is 111 Å². The molecule has 0 amide bonds. The first kappa shape index (κ1) is 33.6. The van der Waals surface area contributed by atoms with Crippen molar-refractivity contribution in [2.45, 2.75) is 104 Å². The molecule has 2 heteroatoms. The second-order valence-electron chi connectivity index (χ2n) is 13.1. The molecule has 0 aliphatic carbocycles. The van der Waals surface area contributed by atoms with Crippen LogP contribution in [0.1, 0.15) is 102 Å². The maximum absolute atomic E-state index is 5.79. The Bertz CT molecular complexity index is 1580. The Balaban J connectivity index is 1.47. The molecule has 242 valence electrons. The molecule has 5 aromatic carbocycles. The van der Waals surface area contributed by atoms with Crippen LogP contribution in [0.15, 0.2) is 84.9 Å². The minimum atomic E-state index is 0.891. The van der Waals surface area contributed by atoms with Gasteiger partial charge in [0.25, 0.3) is 0 Å². The van der Waals surface area contributed by atoms with E-state index < -0.39 is 0 Å². The van der Waals surface area contributed by atoms with E-state index in [0.717, 1.165) is 24.3 Å². The van der Waals surface area contributed by atoms with Crippen molar-refractivity contribution in [3.05, 3.63) is 96.1 Å². The monoisotopic (exact) mass is 614 g/mol.